The number of aromatic nitrogens is 4. The zero-order chi connectivity index (χ0) is 37.7. The standard InChI is InChI=1S/C39H14B10N4O/c40-27-25(28(41)32(45)35(48)31(27)44)38-50-37(51-39(52-38)26-29(42)33(46)36(49)34(47)30(26)43)19-8-5-11-22-24(19)18-13-12-15(14-23(18)54-22)53-20-9-3-1-6-16(20)17-7-2-4-10-21(17)53/h1-14H. The van der Waals surface area contributed by atoms with Crippen LogP contribution in [0.5, 0.6) is 0 Å². The summed E-state index contributed by atoms with van der Waals surface area (Å²) in [5.74, 6) is 0.208. The number of fused-ring (bicyclic) bond motifs is 6. The molecule has 3 aromatic heterocycles. The Morgan fingerprint density at radius 1 is 0.407 bits per heavy atom. The molecule has 20 radical (unpaired) electrons. The number of hydrogen-bond donors (Lipinski definition) is 0. The average molecular weight is 663 g/mol. The van der Waals surface area contributed by atoms with E-state index in [9.17, 15) is 0 Å². The number of hydrogen-bond acceptors (Lipinski definition) is 4. The van der Waals surface area contributed by atoms with Gasteiger partial charge in [-0.05, 0) is 30.3 Å². The molecule has 0 saturated carbocycles. The third-order valence-corrected chi connectivity index (χ3v) is 10.0. The van der Waals surface area contributed by atoms with Gasteiger partial charge in [0.1, 0.15) is 89.6 Å². The lowest BCUT2D eigenvalue weighted by Crippen LogP contribution is -2.55. The van der Waals surface area contributed by atoms with Crippen LogP contribution in [-0.2, 0) is 0 Å². The molecule has 6 aromatic carbocycles. The molecule has 54 heavy (non-hydrogen) atoms. The van der Waals surface area contributed by atoms with Crippen LogP contribution in [-0.4, -0.2) is 98.0 Å². The van der Waals surface area contributed by atoms with Crippen molar-refractivity contribution in [2.24, 2.45) is 0 Å². The van der Waals surface area contributed by atoms with Crippen LogP contribution in [0.4, 0.5) is 0 Å². The zero-order valence-corrected chi connectivity index (χ0v) is 28.6. The molecule has 0 spiro atoms. The fraction of sp³-hybridized carbons (Fsp3) is 0. The Morgan fingerprint density at radius 2 is 0.870 bits per heavy atom. The fourth-order valence-electron chi connectivity index (χ4n) is 7.24. The van der Waals surface area contributed by atoms with Gasteiger partial charge in [0.25, 0.3) is 0 Å². The second-order valence-corrected chi connectivity index (χ2v) is 13.0. The Kier molecular flexibility index (Phi) is 8.00. The van der Waals surface area contributed by atoms with Gasteiger partial charge in [-0.2, -0.15) is 0 Å². The molecule has 0 unspecified atom stereocenters. The van der Waals surface area contributed by atoms with Crippen molar-refractivity contribution in [3.05, 3.63) is 84.9 Å². The van der Waals surface area contributed by atoms with Crippen LogP contribution in [0.2, 0.25) is 0 Å². The van der Waals surface area contributed by atoms with Crippen LogP contribution >= 0.6 is 0 Å². The van der Waals surface area contributed by atoms with E-state index >= 15 is 0 Å². The normalized spacial score (nSPS) is 11.7. The quantitative estimate of drug-likeness (QED) is 0.201. The van der Waals surface area contributed by atoms with E-state index in [1.807, 2.05) is 54.6 Å². The highest BCUT2D eigenvalue weighted by Gasteiger charge is 2.23. The van der Waals surface area contributed by atoms with Crippen LogP contribution in [0, 0.1) is 0 Å². The molecule has 0 bridgehead atoms. The van der Waals surface area contributed by atoms with Gasteiger partial charge in [0.2, 0.25) is 0 Å². The Hall–Kier alpha value is -5.42. The molecule has 0 fully saturated rings. The van der Waals surface area contributed by atoms with E-state index in [-0.39, 0.29) is 83.2 Å². The van der Waals surface area contributed by atoms with Crippen molar-refractivity contribution in [2.45, 2.75) is 0 Å². The van der Waals surface area contributed by atoms with Gasteiger partial charge in [-0.25, -0.2) is 15.0 Å². The van der Waals surface area contributed by atoms with Gasteiger partial charge in [-0.3, -0.25) is 0 Å². The van der Waals surface area contributed by atoms with Crippen LogP contribution in [0.25, 0.3) is 83.6 Å². The maximum absolute atomic E-state index is 6.51. The zero-order valence-electron chi connectivity index (χ0n) is 28.6. The summed E-state index contributed by atoms with van der Waals surface area (Å²) in [6, 6.07) is 28.3. The number of nitrogens with zero attached hydrogens (tertiary/aromatic N) is 4. The molecule has 3 heterocycles. The largest absolute Gasteiger partial charge is 0.456 e. The Labute approximate surface area is 324 Å². The van der Waals surface area contributed by atoms with E-state index in [0.29, 0.717) is 16.7 Å². The first-order chi connectivity index (χ1) is 26.0. The van der Waals surface area contributed by atoms with Gasteiger partial charge in [-0.15, -0.1) is 32.8 Å². The van der Waals surface area contributed by atoms with E-state index in [2.05, 4.69) is 34.9 Å². The molecule has 9 aromatic rings. The summed E-state index contributed by atoms with van der Waals surface area (Å²) in [7, 11) is 63.3. The van der Waals surface area contributed by atoms with Gasteiger partial charge in [-0.1, -0.05) is 70.4 Å². The molecule has 0 saturated heterocycles. The third kappa shape index (κ3) is 4.97. The Bertz CT molecular complexity index is 2880. The molecular formula is C39H14B10N4O. The van der Waals surface area contributed by atoms with Gasteiger partial charge in [0.15, 0.2) is 17.5 Å². The summed E-state index contributed by atoms with van der Waals surface area (Å²) in [4.78, 5) is 14.5. The van der Waals surface area contributed by atoms with Crippen molar-refractivity contribution in [3.8, 4) is 39.9 Å². The summed E-state index contributed by atoms with van der Waals surface area (Å²) in [6.45, 7) is 0. The Balaban J connectivity index is 1.32. The van der Waals surface area contributed by atoms with E-state index < -0.39 is 0 Å². The topological polar surface area (TPSA) is 56.7 Å². The minimum Gasteiger partial charge on any atom is -0.456 e. The smallest absolute Gasteiger partial charge is 0.164 e. The van der Waals surface area contributed by atoms with E-state index in [0.717, 1.165) is 38.3 Å². The van der Waals surface area contributed by atoms with Gasteiger partial charge < -0.3 is 8.98 Å². The molecule has 0 atom stereocenters. The minimum absolute atomic E-state index is 0.00891. The van der Waals surface area contributed by atoms with Crippen molar-refractivity contribution in [3.63, 3.8) is 0 Å². The molecule has 226 valence electrons. The first-order valence-corrected chi connectivity index (χ1v) is 16.7. The predicted molar refractivity (Wildman–Crippen MR) is 232 cm³/mol. The molecule has 9 rings (SSSR count). The summed E-state index contributed by atoms with van der Waals surface area (Å²) in [5, 5.41) is 3.85. The van der Waals surface area contributed by atoms with E-state index in [4.69, 9.17) is 97.8 Å². The molecule has 0 aliphatic carbocycles. The van der Waals surface area contributed by atoms with Crippen LogP contribution in [0.15, 0.2) is 89.3 Å². The van der Waals surface area contributed by atoms with E-state index in [1.165, 1.54) is 0 Å². The number of para-hydroxylation sites is 2. The van der Waals surface area contributed by atoms with Crippen molar-refractivity contribution in [1.82, 2.24) is 19.5 Å². The highest BCUT2D eigenvalue weighted by molar-refractivity contribution is 6.69. The van der Waals surface area contributed by atoms with Gasteiger partial charge >= 0.3 is 0 Å². The third-order valence-electron chi connectivity index (χ3n) is 10.0. The lowest BCUT2D eigenvalue weighted by atomic mass is 9.60. The predicted octanol–water partition coefficient (Wildman–Crippen LogP) is -2.19. The molecule has 0 N–H and O–H groups in total. The first kappa shape index (κ1) is 34.4. The van der Waals surface area contributed by atoms with Gasteiger partial charge in [0, 0.05) is 50.0 Å². The lowest BCUT2D eigenvalue weighted by Gasteiger charge is -2.22. The second kappa shape index (κ2) is 12.6. The van der Waals surface area contributed by atoms with E-state index in [1.54, 1.807) is 0 Å². The number of rotatable bonds is 4. The number of furan rings is 1. The average Bonchev–Trinajstić information content (AvgIpc) is 3.73. The first-order valence-electron chi connectivity index (χ1n) is 16.7. The maximum Gasteiger partial charge on any atom is 0.164 e. The summed E-state index contributed by atoms with van der Waals surface area (Å²) in [5.41, 5.74) is 5.37. The van der Waals surface area contributed by atoms with Crippen molar-refractivity contribution >= 4 is 177 Å². The lowest BCUT2D eigenvalue weighted by molar-refractivity contribution is 0.668. The van der Waals surface area contributed by atoms with Crippen molar-refractivity contribution in [1.29, 1.82) is 0 Å². The molecular weight excluding hydrogens is 649 g/mol. The summed E-state index contributed by atoms with van der Waals surface area (Å²) >= 11 is 0. The van der Waals surface area contributed by atoms with Crippen molar-refractivity contribution < 1.29 is 4.42 Å². The van der Waals surface area contributed by atoms with Crippen molar-refractivity contribution in [2.75, 3.05) is 0 Å². The van der Waals surface area contributed by atoms with Crippen LogP contribution < -0.4 is 54.6 Å². The second-order valence-electron chi connectivity index (χ2n) is 13.0. The molecule has 0 aliphatic heterocycles. The monoisotopic (exact) mass is 664 g/mol. The number of benzene rings is 6. The summed E-state index contributed by atoms with van der Waals surface area (Å²) < 4.78 is 8.74. The molecule has 0 aliphatic rings. The Morgan fingerprint density at radius 3 is 1.39 bits per heavy atom. The van der Waals surface area contributed by atoms with Crippen LogP contribution in [0.3, 0.4) is 0 Å². The molecule has 15 heteroatoms. The van der Waals surface area contributed by atoms with Gasteiger partial charge in [0.05, 0.1) is 11.0 Å². The molecule has 0 amide bonds. The maximum atomic E-state index is 6.51. The minimum atomic E-state index is 0.00891. The highest BCUT2D eigenvalue weighted by Crippen LogP contribution is 2.38. The summed E-state index contributed by atoms with van der Waals surface area (Å²) in [6.07, 6.45) is 0. The molecule has 5 nitrogen and oxygen atoms in total. The highest BCUT2D eigenvalue weighted by atomic mass is 16.3. The fourth-order valence-corrected chi connectivity index (χ4v) is 7.24. The van der Waals surface area contributed by atoms with Crippen LogP contribution in [0.1, 0.15) is 0 Å². The SMILES string of the molecule is [B]c1c([B])c([B])c(-c2nc(-c3c([B])c([B])c([B])c([B])c3[B])nc(-c3cccc4oc5cc(-n6c7ccccc7c7ccccc76)ccc5c34)n2)c([B])c1[B].